The van der Waals surface area contributed by atoms with E-state index < -0.39 is 0 Å². The smallest absolute Gasteiger partial charge is 0.224 e. The Morgan fingerprint density at radius 2 is 2.06 bits per heavy atom. The van der Waals surface area contributed by atoms with E-state index >= 15 is 0 Å². The number of nitrogens with one attached hydrogen (secondary N) is 1. The molecule has 1 saturated carbocycles. The van der Waals surface area contributed by atoms with Gasteiger partial charge in [-0.2, -0.15) is 0 Å². The summed E-state index contributed by atoms with van der Waals surface area (Å²) < 4.78 is 0. The van der Waals surface area contributed by atoms with E-state index in [1.54, 1.807) is 0 Å². The van der Waals surface area contributed by atoms with Crippen LogP contribution in [-0.4, -0.2) is 36.0 Å². The van der Waals surface area contributed by atoms with Crippen LogP contribution in [0.4, 0.5) is 0 Å². The maximum Gasteiger partial charge on any atom is 0.224 e. The lowest BCUT2D eigenvalue weighted by molar-refractivity contribution is -0.128. The maximum atomic E-state index is 11.7. The molecule has 16 heavy (non-hydrogen) atoms. The number of likely N-dealkylation sites (tertiary alicyclic amines) is 1. The minimum Gasteiger partial charge on any atom is -0.338 e. The largest absolute Gasteiger partial charge is 0.338 e. The Bertz CT molecular complexity index is 246. The highest BCUT2D eigenvalue weighted by Crippen LogP contribution is 2.30. The number of hydrogen-bond donors (Lipinski definition) is 1. The van der Waals surface area contributed by atoms with Gasteiger partial charge < -0.3 is 10.2 Å². The van der Waals surface area contributed by atoms with Gasteiger partial charge in [0, 0.05) is 25.0 Å². The fraction of sp³-hybridized carbons (Fsp3) is 0.923. The predicted octanol–water partition coefficient (Wildman–Crippen LogP) is 1.78. The second-order valence-corrected chi connectivity index (χ2v) is 5.27. The van der Waals surface area contributed by atoms with Crippen molar-refractivity contribution in [1.82, 2.24) is 10.2 Å². The number of nitrogens with zero attached hydrogens (tertiary/aromatic N) is 1. The molecule has 0 aromatic heterocycles. The second-order valence-electron chi connectivity index (χ2n) is 5.27. The van der Waals surface area contributed by atoms with Gasteiger partial charge in [0.25, 0.3) is 0 Å². The highest BCUT2D eigenvalue weighted by atomic mass is 16.2. The molecule has 92 valence electrons. The van der Waals surface area contributed by atoms with Gasteiger partial charge in [0.2, 0.25) is 5.91 Å². The maximum absolute atomic E-state index is 11.7. The summed E-state index contributed by atoms with van der Waals surface area (Å²) in [6.45, 7) is 6.51. The summed E-state index contributed by atoms with van der Waals surface area (Å²) >= 11 is 0. The van der Waals surface area contributed by atoms with Gasteiger partial charge in [-0.3, -0.25) is 4.79 Å². The molecule has 1 N–H and O–H groups in total. The first-order chi connectivity index (χ1) is 7.74. The molecule has 1 unspecified atom stereocenters. The van der Waals surface area contributed by atoms with Crippen molar-refractivity contribution in [1.29, 1.82) is 0 Å². The number of carbonyl (C=O) groups excluding carboxylic acids is 1. The van der Waals surface area contributed by atoms with Crippen molar-refractivity contribution in [2.24, 2.45) is 5.92 Å². The van der Waals surface area contributed by atoms with Crippen LogP contribution in [0.3, 0.4) is 0 Å². The first-order valence-electron chi connectivity index (χ1n) is 6.77. The number of carbonyl (C=O) groups is 1. The second kappa shape index (κ2) is 5.17. The molecule has 0 aromatic carbocycles. The Morgan fingerprint density at radius 1 is 1.38 bits per heavy atom. The number of rotatable bonds is 6. The molecule has 3 nitrogen and oxygen atoms in total. The van der Waals surface area contributed by atoms with Crippen LogP contribution in [0.2, 0.25) is 0 Å². The van der Waals surface area contributed by atoms with Gasteiger partial charge in [-0.05, 0) is 25.3 Å². The molecule has 0 bridgehead atoms. The summed E-state index contributed by atoms with van der Waals surface area (Å²) in [5, 5.41) is 3.56. The molecule has 2 aliphatic rings. The molecular formula is C13H24N2O. The average Bonchev–Trinajstić information content (AvgIpc) is 3.05. The molecule has 2 fully saturated rings. The Hall–Kier alpha value is -0.570. The van der Waals surface area contributed by atoms with Crippen molar-refractivity contribution in [2.45, 2.75) is 58.0 Å². The highest BCUT2D eigenvalue weighted by molar-refractivity contribution is 5.80. The van der Waals surface area contributed by atoms with Crippen molar-refractivity contribution < 1.29 is 4.79 Å². The summed E-state index contributed by atoms with van der Waals surface area (Å²) in [5.41, 5.74) is 0. The fourth-order valence-electron chi connectivity index (χ4n) is 2.52. The lowest BCUT2D eigenvalue weighted by Gasteiger charge is -2.18. The zero-order valence-corrected chi connectivity index (χ0v) is 10.5. The minimum absolute atomic E-state index is 0.365. The topological polar surface area (TPSA) is 32.3 Å². The van der Waals surface area contributed by atoms with Crippen molar-refractivity contribution >= 4 is 5.91 Å². The monoisotopic (exact) mass is 224 g/mol. The standard InChI is InChI=1S/C13H24N2O/c1-3-10(4-2)8-14-11-7-13(16)15(9-11)12-5-6-12/h10-12,14H,3-9H2,1-2H3. The van der Waals surface area contributed by atoms with Crippen LogP contribution in [0.15, 0.2) is 0 Å². The number of amides is 1. The molecule has 1 atom stereocenters. The molecule has 0 radical (unpaired) electrons. The Kier molecular flexibility index (Phi) is 3.85. The molecule has 3 heteroatoms. The van der Waals surface area contributed by atoms with Crippen LogP contribution >= 0.6 is 0 Å². The first kappa shape index (κ1) is 11.9. The van der Waals surface area contributed by atoms with Crippen LogP contribution in [-0.2, 0) is 4.79 Å². The molecular weight excluding hydrogens is 200 g/mol. The summed E-state index contributed by atoms with van der Waals surface area (Å²) in [7, 11) is 0. The third kappa shape index (κ3) is 2.76. The van der Waals surface area contributed by atoms with Crippen LogP contribution in [0.25, 0.3) is 0 Å². The van der Waals surface area contributed by atoms with E-state index in [0.29, 0.717) is 18.0 Å². The van der Waals surface area contributed by atoms with Crippen molar-refractivity contribution in [3.05, 3.63) is 0 Å². The van der Waals surface area contributed by atoms with E-state index in [1.165, 1.54) is 25.7 Å². The quantitative estimate of drug-likeness (QED) is 0.746. The third-order valence-electron chi connectivity index (χ3n) is 4.00. The summed E-state index contributed by atoms with van der Waals surface area (Å²) in [6, 6.07) is 1.00. The highest BCUT2D eigenvalue weighted by Gasteiger charge is 2.39. The first-order valence-corrected chi connectivity index (χ1v) is 6.77. The molecule has 2 rings (SSSR count). The van der Waals surface area contributed by atoms with Crippen LogP contribution < -0.4 is 5.32 Å². The Labute approximate surface area is 98.6 Å². The Morgan fingerprint density at radius 3 is 2.62 bits per heavy atom. The SMILES string of the molecule is CCC(CC)CNC1CC(=O)N(C2CC2)C1. The van der Waals surface area contributed by atoms with Gasteiger partial charge in [-0.25, -0.2) is 0 Å². The van der Waals surface area contributed by atoms with Gasteiger partial charge in [-0.1, -0.05) is 26.7 Å². The fourth-order valence-corrected chi connectivity index (χ4v) is 2.52. The molecule has 1 aliphatic heterocycles. The zero-order valence-electron chi connectivity index (χ0n) is 10.5. The van der Waals surface area contributed by atoms with Gasteiger partial charge in [0.15, 0.2) is 0 Å². The van der Waals surface area contributed by atoms with Gasteiger partial charge in [-0.15, -0.1) is 0 Å². The molecule has 1 saturated heterocycles. The Balaban J connectivity index is 1.73. The average molecular weight is 224 g/mol. The van der Waals surface area contributed by atoms with Crippen LogP contribution in [0.5, 0.6) is 0 Å². The molecule has 1 aliphatic carbocycles. The summed E-state index contributed by atoms with van der Waals surface area (Å²) in [5.74, 6) is 1.13. The van der Waals surface area contributed by atoms with Crippen molar-refractivity contribution in [2.75, 3.05) is 13.1 Å². The lowest BCUT2D eigenvalue weighted by atomic mass is 10.0. The van der Waals surface area contributed by atoms with E-state index in [0.717, 1.165) is 25.4 Å². The van der Waals surface area contributed by atoms with Gasteiger partial charge >= 0.3 is 0 Å². The van der Waals surface area contributed by atoms with E-state index in [9.17, 15) is 4.79 Å². The van der Waals surface area contributed by atoms with E-state index in [-0.39, 0.29) is 0 Å². The van der Waals surface area contributed by atoms with Crippen LogP contribution in [0.1, 0.15) is 46.0 Å². The van der Waals surface area contributed by atoms with E-state index in [2.05, 4.69) is 24.1 Å². The molecule has 1 heterocycles. The van der Waals surface area contributed by atoms with E-state index in [1.807, 2.05) is 0 Å². The van der Waals surface area contributed by atoms with Crippen molar-refractivity contribution in [3.63, 3.8) is 0 Å². The number of hydrogen-bond acceptors (Lipinski definition) is 2. The van der Waals surface area contributed by atoms with Gasteiger partial charge in [0.05, 0.1) is 0 Å². The lowest BCUT2D eigenvalue weighted by Crippen LogP contribution is -2.36. The molecule has 0 spiro atoms. The zero-order chi connectivity index (χ0) is 11.5. The summed E-state index contributed by atoms with van der Waals surface area (Å²) in [4.78, 5) is 13.8. The third-order valence-corrected chi connectivity index (χ3v) is 4.00. The van der Waals surface area contributed by atoms with E-state index in [4.69, 9.17) is 0 Å². The molecule has 1 amide bonds. The van der Waals surface area contributed by atoms with Gasteiger partial charge in [0.1, 0.15) is 0 Å². The minimum atomic E-state index is 0.365. The summed E-state index contributed by atoms with van der Waals surface area (Å²) in [6.07, 6.45) is 5.64. The van der Waals surface area contributed by atoms with Crippen LogP contribution in [0, 0.1) is 5.92 Å². The molecule has 0 aromatic rings. The predicted molar refractivity (Wildman–Crippen MR) is 65.2 cm³/mol. The normalized spacial score (nSPS) is 25.8. The van der Waals surface area contributed by atoms with Crippen molar-refractivity contribution in [3.8, 4) is 0 Å².